The number of fused-ring (bicyclic) bond motifs is 2. The van der Waals surface area contributed by atoms with Crippen LogP contribution in [0.15, 0.2) is 18.2 Å². The summed E-state index contributed by atoms with van der Waals surface area (Å²) in [6.45, 7) is 3.04. The van der Waals surface area contributed by atoms with Crippen LogP contribution >= 0.6 is 0 Å². The first-order valence-electron chi connectivity index (χ1n) is 7.35. The molecule has 2 aliphatic rings. The van der Waals surface area contributed by atoms with Crippen LogP contribution < -0.4 is 5.32 Å². The second-order valence-corrected chi connectivity index (χ2v) is 6.27. The minimum Gasteiger partial charge on any atom is -0.508 e. The molecule has 2 nitrogen and oxygen atoms in total. The molecule has 0 aromatic heterocycles. The summed E-state index contributed by atoms with van der Waals surface area (Å²) in [4.78, 5) is 0. The maximum absolute atomic E-state index is 13.0. The quantitative estimate of drug-likeness (QED) is 0.869. The number of aromatic hydroxyl groups is 1. The average molecular weight is 263 g/mol. The molecule has 0 heterocycles. The Kier molecular flexibility index (Phi) is 3.48. The third-order valence-corrected chi connectivity index (χ3v) is 5.03. The second-order valence-electron chi connectivity index (χ2n) is 6.27. The highest BCUT2D eigenvalue weighted by molar-refractivity contribution is 5.34. The lowest BCUT2D eigenvalue weighted by atomic mass is 9.88. The number of nitrogens with one attached hydrogen (secondary N) is 1. The molecule has 3 heteroatoms. The summed E-state index contributed by atoms with van der Waals surface area (Å²) in [5.74, 6) is 2.33. The Morgan fingerprint density at radius 1 is 1.37 bits per heavy atom. The van der Waals surface area contributed by atoms with Crippen LogP contribution in [0.5, 0.6) is 5.75 Å². The molecule has 0 amide bonds. The Bertz CT molecular complexity index is 462. The second kappa shape index (κ2) is 5.12. The van der Waals surface area contributed by atoms with Gasteiger partial charge in [0.1, 0.15) is 11.6 Å². The highest BCUT2D eigenvalue weighted by Gasteiger charge is 2.39. The van der Waals surface area contributed by atoms with Crippen LogP contribution in [0.25, 0.3) is 0 Å². The number of benzene rings is 1. The normalized spacial score (nSPS) is 30.7. The smallest absolute Gasteiger partial charge is 0.126 e. The van der Waals surface area contributed by atoms with Crippen molar-refractivity contribution in [1.29, 1.82) is 0 Å². The van der Waals surface area contributed by atoms with Gasteiger partial charge in [0.15, 0.2) is 0 Å². The van der Waals surface area contributed by atoms with Gasteiger partial charge in [-0.3, -0.25) is 0 Å². The summed E-state index contributed by atoms with van der Waals surface area (Å²) in [6, 6.07) is 4.33. The third-order valence-electron chi connectivity index (χ3n) is 5.03. The number of phenolic OH excluding ortho intramolecular Hbond substituents is 1. The van der Waals surface area contributed by atoms with E-state index in [0.717, 1.165) is 29.9 Å². The predicted octanol–water partition coefficient (Wildman–Crippen LogP) is 3.62. The van der Waals surface area contributed by atoms with Crippen LogP contribution in [0.2, 0.25) is 0 Å². The van der Waals surface area contributed by atoms with Crippen LogP contribution in [-0.4, -0.2) is 11.7 Å². The van der Waals surface area contributed by atoms with Crippen molar-refractivity contribution in [2.45, 2.75) is 38.6 Å². The van der Waals surface area contributed by atoms with Crippen molar-refractivity contribution in [3.05, 3.63) is 29.6 Å². The zero-order chi connectivity index (χ0) is 13.4. The lowest BCUT2D eigenvalue weighted by Gasteiger charge is -2.24. The Labute approximate surface area is 114 Å². The first-order valence-corrected chi connectivity index (χ1v) is 7.35. The van der Waals surface area contributed by atoms with Gasteiger partial charge in [-0.25, -0.2) is 4.39 Å². The number of halogens is 1. The number of hydrogen-bond donors (Lipinski definition) is 2. The largest absolute Gasteiger partial charge is 0.508 e. The fourth-order valence-electron chi connectivity index (χ4n) is 3.95. The van der Waals surface area contributed by atoms with E-state index in [-0.39, 0.29) is 17.6 Å². The van der Waals surface area contributed by atoms with E-state index in [1.54, 1.807) is 6.07 Å². The van der Waals surface area contributed by atoms with E-state index in [4.69, 9.17) is 0 Å². The zero-order valence-corrected chi connectivity index (χ0v) is 11.4. The molecule has 2 N–H and O–H groups in total. The van der Waals surface area contributed by atoms with Crippen molar-refractivity contribution >= 4 is 0 Å². The van der Waals surface area contributed by atoms with Crippen molar-refractivity contribution in [1.82, 2.24) is 5.32 Å². The molecule has 2 fully saturated rings. The minimum absolute atomic E-state index is 0.0490. The van der Waals surface area contributed by atoms with Crippen molar-refractivity contribution in [3.8, 4) is 5.75 Å². The summed E-state index contributed by atoms with van der Waals surface area (Å²) in [7, 11) is 0. The zero-order valence-electron chi connectivity index (χ0n) is 11.4. The molecule has 2 bridgehead atoms. The molecule has 1 aromatic carbocycles. The Morgan fingerprint density at radius 3 is 2.84 bits per heavy atom. The molecule has 0 saturated heterocycles. The Morgan fingerprint density at radius 2 is 2.21 bits per heavy atom. The molecule has 0 aliphatic heterocycles. The lowest BCUT2D eigenvalue weighted by molar-refractivity contribution is 0.308. The number of phenols is 1. The van der Waals surface area contributed by atoms with Crippen molar-refractivity contribution in [2.75, 3.05) is 6.54 Å². The van der Waals surface area contributed by atoms with Crippen LogP contribution in [0, 0.1) is 23.6 Å². The molecule has 2 saturated carbocycles. The molecule has 104 valence electrons. The van der Waals surface area contributed by atoms with Crippen molar-refractivity contribution < 1.29 is 9.50 Å². The van der Waals surface area contributed by atoms with Crippen molar-refractivity contribution in [2.24, 2.45) is 17.8 Å². The molecule has 4 atom stereocenters. The van der Waals surface area contributed by atoms with E-state index in [9.17, 15) is 9.50 Å². The molecular weight excluding hydrogens is 241 g/mol. The summed E-state index contributed by atoms with van der Waals surface area (Å²) >= 11 is 0. The van der Waals surface area contributed by atoms with E-state index in [1.807, 2.05) is 6.92 Å². The van der Waals surface area contributed by atoms with Gasteiger partial charge in [-0.05, 0) is 56.6 Å². The molecular formula is C16H22FNO. The van der Waals surface area contributed by atoms with Crippen LogP contribution in [0.1, 0.15) is 44.2 Å². The summed E-state index contributed by atoms with van der Waals surface area (Å²) in [6.07, 6.45) is 5.60. The topological polar surface area (TPSA) is 32.3 Å². The standard InChI is InChI=1S/C16H22FNO/c1-10(15-5-4-14(17)8-16(15)19)18-9-13-7-11-2-3-12(13)6-11/h4-5,8,10-13,18-19H,2-3,6-7,9H2,1H3. The van der Waals surface area contributed by atoms with Gasteiger partial charge in [0.2, 0.25) is 0 Å². The van der Waals surface area contributed by atoms with E-state index >= 15 is 0 Å². The Hall–Kier alpha value is -1.09. The van der Waals surface area contributed by atoms with Crippen LogP contribution in [0.3, 0.4) is 0 Å². The molecule has 0 radical (unpaired) electrons. The van der Waals surface area contributed by atoms with Gasteiger partial charge in [0.25, 0.3) is 0 Å². The van der Waals surface area contributed by atoms with Crippen LogP contribution in [0.4, 0.5) is 4.39 Å². The third kappa shape index (κ3) is 2.62. The van der Waals surface area contributed by atoms with Crippen molar-refractivity contribution in [3.63, 3.8) is 0 Å². The van der Waals surface area contributed by atoms with Gasteiger partial charge in [-0.15, -0.1) is 0 Å². The van der Waals surface area contributed by atoms with E-state index in [2.05, 4.69) is 5.32 Å². The van der Waals surface area contributed by atoms with E-state index in [1.165, 1.54) is 37.8 Å². The first kappa shape index (κ1) is 12.9. The lowest BCUT2D eigenvalue weighted by Crippen LogP contribution is -2.28. The SMILES string of the molecule is CC(NCC1CC2CCC1C2)c1ccc(F)cc1O. The maximum atomic E-state index is 13.0. The first-order chi connectivity index (χ1) is 9.13. The van der Waals surface area contributed by atoms with Gasteiger partial charge in [-0.1, -0.05) is 12.5 Å². The monoisotopic (exact) mass is 263 g/mol. The van der Waals surface area contributed by atoms with Gasteiger partial charge in [0, 0.05) is 17.7 Å². The number of hydrogen-bond acceptors (Lipinski definition) is 2. The molecule has 0 spiro atoms. The summed E-state index contributed by atoms with van der Waals surface area (Å²) in [5, 5.41) is 13.3. The van der Waals surface area contributed by atoms with E-state index < -0.39 is 0 Å². The highest BCUT2D eigenvalue weighted by atomic mass is 19.1. The molecule has 2 aliphatic carbocycles. The Balaban J connectivity index is 1.57. The number of rotatable bonds is 4. The predicted molar refractivity (Wildman–Crippen MR) is 73.4 cm³/mol. The maximum Gasteiger partial charge on any atom is 0.126 e. The molecule has 3 rings (SSSR count). The molecule has 4 unspecified atom stereocenters. The van der Waals surface area contributed by atoms with E-state index in [0.29, 0.717) is 0 Å². The van der Waals surface area contributed by atoms with Gasteiger partial charge in [0.05, 0.1) is 0 Å². The fraction of sp³-hybridized carbons (Fsp3) is 0.625. The van der Waals surface area contributed by atoms with Gasteiger partial charge in [-0.2, -0.15) is 0 Å². The average Bonchev–Trinajstić information content (AvgIpc) is 2.98. The molecule has 1 aromatic rings. The minimum atomic E-state index is -0.387. The van der Waals surface area contributed by atoms with Crippen LogP contribution in [-0.2, 0) is 0 Å². The summed E-state index contributed by atoms with van der Waals surface area (Å²) in [5.41, 5.74) is 0.782. The molecule has 19 heavy (non-hydrogen) atoms. The fourth-order valence-corrected chi connectivity index (χ4v) is 3.95. The summed E-state index contributed by atoms with van der Waals surface area (Å²) < 4.78 is 13.0. The van der Waals surface area contributed by atoms with Gasteiger partial charge < -0.3 is 10.4 Å². The highest BCUT2D eigenvalue weighted by Crippen LogP contribution is 2.48. The van der Waals surface area contributed by atoms with Gasteiger partial charge >= 0.3 is 0 Å².